The predicted octanol–water partition coefficient (Wildman–Crippen LogP) is 3.38. The molecule has 174 valence electrons. The minimum absolute atomic E-state index is 0.0374. The standard InChI is InChI=1S/C25H24N4O5/c1-29-21(12-20(28-29)22(30)31)27-23(32)25(10-11-25)14-26-24(33)34-13-19-17-8-4-2-6-15(17)16-7-3-5-9-18(16)19/h2-9,12,19H,10-11,13-14H2,1H3,(H,26,33)(H,27,32)(H,30,31). The van der Waals surface area contributed by atoms with Crippen molar-refractivity contribution in [2.45, 2.75) is 18.8 Å². The second-order valence-corrected chi connectivity index (χ2v) is 8.76. The van der Waals surface area contributed by atoms with Crippen LogP contribution in [0.4, 0.5) is 10.6 Å². The highest BCUT2D eigenvalue weighted by Crippen LogP contribution is 2.46. The van der Waals surface area contributed by atoms with Crippen molar-refractivity contribution in [3.05, 3.63) is 71.4 Å². The summed E-state index contributed by atoms with van der Waals surface area (Å²) in [6.07, 6.45) is 0.660. The number of nitrogens with one attached hydrogen (secondary N) is 2. The van der Waals surface area contributed by atoms with Crippen LogP contribution in [-0.2, 0) is 16.6 Å². The average molecular weight is 460 g/mol. The first-order chi connectivity index (χ1) is 16.4. The number of carboxylic acid groups (broad SMARTS) is 1. The number of hydrogen-bond donors (Lipinski definition) is 3. The molecule has 3 aromatic rings. The first kappa shape index (κ1) is 21.7. The van der Waals surface area contributed by atoms with E-state index in [4.69, 9.17) is 9.84 Å². The molecule has 2 aliphatic carbocycles. The summed E-state index contributed by atoms with van der Waals surface area (Å²) in [4.78, 5) is 36.3. The van der Waals surface area contributed by atoms with Crippen molar-refractivity contribution in [1.29, 1.82) is 0 Å². The molecule has 0 saturated heterocycles. The summed E-state index contributed by atoms with van der Waals surface area (Å²) in [5, 5.41) is 18.3. The van der Waals surface area contributed by atoms with Crippen LogP contribution in [0.25, 0.3) is 11.1 Å². The van der Waals surface area contributed by atoms with Crippen LogP contribution >= 0.6 is 0 Å². The summed E-state index contributed by atoms with van der Waals surface area (Å²) >= 11 is 0. The molecular formula is C25H24N4O5. The van der Waals surface area contributed by atoms with E-state index in [0.717, 1.165) is 22.3 Å². The zero-order chi connectivity index (χ0) is 23.9. The van der Waals surface area contributed by atoms with Gasteiger partial charge in [-0.25, -0.2) is 9.59 Å². The number of nitrogens with zero attached hydrogens (tertiary/aromatic N) is 2. The molecule has 2 aromatic carbocycles. The van der Waals surface area contributed by atoms with Gasteiger partial charge in [-0.05, 0) is 35.1 Å². The van der Waals surface area contributed by atoms with Crippen LogP contribution < -0.4 is 10.6 Å². The fourth-order valence-electron chi connectivity index (χ4n) is 4.46. The number of rotatable bonds is 7. The molecular weight excluding hydrogens is 436 g/mol. The van der Waals surface area contributed by atoms with E-state index in [9.17, 15) is 14.4 Å². The highest BCUT2D eigenvalue weighted by atomic mass is 16.5. The van der Waals surface area contributed by atoms with E-state index in [2.05, 4.69) is 40.0 Å². The maximum Gasteiger partial charge on any atom is 0.407 e. The number of carbonyl (C=O) groups excluding carboxylic acids is 2. The molecule has 0 unspecified atom stereocenters. The lowest BCUT2D eigenvalue weighted by molar-refractivity contribution is -0.121. The first-order valence-corrected chi connectivity index (χ1v) is 11.1. The van der Waals surface area contributed by atoms with Crippen LogP contribution in [0.1, 0.15) is 40.4 Å². The number of hydrogen-bond acceptors (Lipinski definition) is 5. The van der Waals surface area contributed by atoms with E-state index >= 15 is 0 Å². The SMILES string of the molecule is Cn1nc(C(=O)O)cc1NC(=O)C1(CNC(=O)OCC2c3ccccc3-c3ccccc32)CC1. The number of fused-ring (bicyclic) bond motifs is 3. The first-order valence-electron chi connectivity index (χ1n) is 11.1. The third-order valence-electron chi connectivity index (χ3n) is 6.59. The fraction of sp³-hybridized carbons (Fsp3) is 0.280. The summed E-state index contributed by atoms with van der Waals surface area (Å²) in [5.41, 5.74) is 3.68. The van der Waals surface area contributed by atoms with Gasteiger partial charge < -0.3 is 20.5 Å². The van der Waals surface area contributed by atoms with E-state index in [1.807, 2.05) is 24.3 Å². The van der Waals surface area contributed by atoms with Gasteiger partial charge in [-0.3, -0.25) is 9.48 Å². The van der Waals surface area contributed by atoms with Gasteiger partial charge in [-0.15, -0.1) is 0 Å². The van der Waals surface area contributed by atoms with E-state index in [1.165, 1.54) is 10.7 Å². The fourth-order valence-corrected chi connectivity index (χ4v) is 4.46. The summed E-state index contributed by atoms with van der Waals surface area (Å²) in [7, 11) is 1.55. The predicted molar refractivity (Wildman–Crippen MR) is 124 cm³/mol. The number of benzene rings is 2. The third-order valence-corrected chi connectivity index (χ3v) is 6.59. The highest BCUT2D eigenvalue weighted by molar-refractivity contribution is 5.98. The molecule has 1 saturated carbocycles. The molecule has 9 heteroatoms. The van der Waals surface area contributed by atoms with Gasteiger partial charge in [0.25, 0.3) is 0 Å². The van der Waals surface area contributed by atoms with E-state index in [-0.39, 0.29) is 36.5 Å². The van der Waals surface area contributed by atoms with Crippen LogP contribution in [0.2, 0.25) is 0 Å². The molecule has 2 amide bonds. The number of carboxylic acids is 1. The number of aryl methyl sites for hydroxylation is 1. The van der Waals surface area contributed by atoms with Gasteiger partial charge in [0.05, 0.1) is 5.41 Å². The Bertz CT molecular complexity index is 1250. The minimum Gasteiger partial charge on any atom is -0.476 e. The Kier molecular flexibility index (Phi) is 5.31. The van der Waals surface area contributed by atoms with Crippen molar-refractivity contribution in [3.8, 4) is 11.1 Å². The Labute approximate surface area is 195 Å². The Morgan fingerprint density at radius 2 is 1.71 bits per heavy atom. The zero-order valence-corrected chi connectivity index (χ0v) is 18.6. The molecule has 1 aromatic heterocycles. The lowest BCUT2D eigenvalue weighted by Gasteiger charge is -2.17. The molecule has 1 fully saturated rings. The van der Waals surface area contributed by atoms with Gasteiger partial charge in [0.2, 0.25) is 5.91 Å². The zero-order valence-electron chi connectivity index (χ0n) is 18.6. The summed E-state index contributed by atoms with van der Waals surface area (Å²) in [6, 6.07) is 17.5. The number of ether oxygens (including phenoxy) is 1. The second kappa shape index (κ2) is 8.33. The van der Waals surface area contributed by atoms with Gasteiger partial charge in [0.1, 0.15) is 12.4 Å². The maximum absolute atomic E-state index is 12.8. The molecule has 9 nitrogen and oxygen atoms in total. The molecule has 3 N–H and O–H groups in total. The highest BCUT2D eigenvalue weighted by Gasteiger charge is 2.50. The monoisotopic (exact) mass is 460 g/mol. The van der Waals surface area contributed by atoms with Gasteiger partial charge in [-0.2, -0.15) is 5.10 Å². The van der Waals surface area contributed by atoms with Crippen LogP contribution in [0.15, 0.2) is 54.6 Å². The Hall–Kier alpha value is -4.14. The van der Waals surface area contributed by atoms with E-state index in [1.54, 1.807) is 7.05 Å². The van der Waals surface area contributed by atoms with Crippen LogP contribution in [0, 0.1) is 5.41 Å². The quantitative estimate of drug-likeness (QED) is 0.497. The number of amides is 2. The van der Waals surface area contributed by atoms with Gasteiger partial charge >= 0.3 is 12.1 Å². The summed E-state index contributed by atoms with van der Waals surface area (Å²) in [6.45, 7) is 0.338. The Morgan fingerprint density at radius 1 is 1.09 bits per heavy atom. The maximum atomic E-state index is 12.8. The normalized spacial score (nSPS) is 15.2. The molecule has 5 rings (SSSR count). The molecule has 0 aliphatic heterocycles. The van der Waals surface area contributed by atoms with Crippen molar-refractivity contribution in [1.82, 2.24) is 15.1 Å². The van der Waals surface area contributed by atoms with Crippen LogP contribution in [0.5, 0.6) is 0 Å². The average Bonchev–Trinajstić information content (AvgIpc) is 3.45. The number of alkyl carbamates (subject to hydrolysis) is 1. The molecule has 0 atom stereocenters. The van der Waals surface area contributed by atoms with Crippen molar-refractivity contribution in [2.24, 2.45) is 12.5 Å². The lowest BCUT2D eigenvalue weighted by atomic mass is 9.98. The minimum atomic E-state index is -1.17. The second-order valence-electron chi connectivity index (χ2n) is 8.76. The topological polar surface area (TPSA) is 123 Å². The van der Waals surface area contributed by atoms with Crippen molar-refractivity contribution >= 4 is 23.8 Å². The number of aromatic carboxylic acids is 1. The van der Waals surface area contributed by atoms with Gasteiger partial charge in [-0.1, -0.05) is 48.5 Å². The number of carbonyl (C=O) groups is 3. The van der Waals surface area contributed by atoms with E-state index in [0.29, 0.717) is 12.8 Å². The Morgan fingerprint density at radius 3 is 2.26 bits per heavy atom. The molecule has 0 bridgehead atoms. The number of anilines is 1. The van der Waals surface area contributed by atoms with Gasteiger partial charge in [0, 0.05) is 25.6 Å². The van der Waals surface area contributed by atoms with Crippen molar-refractivity contribution < 1.29 is 24.2 Å². The number of aromatic nitrogens is 2. The summed E-state index contributed by atoms with van der Waals surface area (Å²) in [5.74, 6) is -1.21. The Balaban J connectivity index is 1.18. The molecule has 0 spiro atoms. The van der Waals surface area contributed by atoms with Crippen molar-refractivity contribution in [3.63, 3.8) is 0 Å². The van der Waals surface area contributed by atoms with Crippen LogP contribution in [-0.4, -0.2) is 46.0 Å². The molecule has 34 heavy (non-hydrogen) atoms. The van der Waals surface area contributed by atoms with Crippen LogP contribution in [0.3, 0.4) is 0 Å². The lowest BCUT2D eigenvalue weighted by Crippen LogP contribution is -2.38. The van der Waals surface area contributed by atoms with E-state index < -0.39 is 17.5 Å². The van der Waals surface area contributed by atoms with Gasteiger partial charge in [0.15, 0.2) is 5.69 Å². The van der Waals surface area contributed by atoms with Crippen molar-refractivity contribution in [2.75, 3.05) is 18.5 Å². The smallest absolute Gasteiger partial charge is 0.407 e. The summed E-state index contributed by atoms with van der Waals surface area (Å²) < 4.78 is 6.85. The molecule has 1 heterocycles. The molecule has 2 aliphatic rings. The molecule has 0 radical (unpaired) electrons. The largest absolute Gasteiger partial charge is 0.476 e. The third kappa shape index (κ3) is 3.89.